The quantitative estimate of drug-likeness (QED) is 0.690. The lowest BCUT2D eigenvalue weighted by molar-refractivity contribution is 0.0185. The first-order valence-corrected chi connectivity index (χ1v) is 5.77. The summed E-state index contributed by atoms with van der Waals surface area (Å²) >= 11 is 0. The van der Waals surface area contributed by atoms with Crippen molar-refractivity contribution in [2.24, 2.45) is 5.92 Å². The first-order valence-electron chi connectivity index (χ1n) is 5.77. The Morgan fingerprint density at radius 2 is 2.00 bits per heavy atom. The largest absolute Gasteiger partial charge is 0.444 e. The van der Waals surface area contributed by atoms with Crippen LogP contribution in [0.3, 0.4) is 0 Å². The monoisotopic (exact) mass is 226 g/mol. The first-order chi connectivity index (χ1) is 7.42. The van der Waals surface area contributed by atoms with E-state index >= 15 is 0 Å². The molecule has 16 heavy (non-hydrogen) atoms. The maximum Gasteiger partial charge on any atom is 0.410 e. The van der Waals surface area contributed by atoms with Crippen molar-refractivity contribution in [2.75, 3.05) is 13.1 Å². The van der Waals surface area contributed by atoms with E-state index in [1.165, 1.54) is 0 Å². The number of carbonyl (C=O) groups excluding carboxylic acids is 1. The molecule has 0 atom stereocenters. The molecule has 0 bridgehead atoms. The number of likely N-dealkylation sites (tertiary alicyclic amines) is 1. The molecule has 1 saturated heterocycles. The summed E-state index contributed by atoms with van der Waals surface area (Å²) in [6.07, 6.45) is 2.18. The zero-order valence-corrected chi connectivity index (χ0v) is 10.3. The molecule has 1 rings (SSSR count). The second kappa shape index (κ2) is 5.20. The molecule has 0 N–H and O–H groups in total. The lowest BCUT2D eigenvalue weighted by atomic mass is 9.97. The van der Waals surface area contributed by atoms with Crippen LogP contribution in [0.4, 0.5) is 4.79 Å². The van der Waals surface area contributed by atoms with Gasteiger partial charge < -0.3 is 9.64 Å². The average Bonchev–Trinajstić information content (AvgIpc) is 2.16. The average molecular weight is 226 g/mol. The van der Waals surface area contributed by atoms with E-state index in [0.717, 1.165) is 12.8 Å². The summed E-state index contributed by atoms with van der Waals surface area (Å²) in [7, 11) is 0. The van der Waals surface area contributed by atoms with Crippen molar-refractivity contribution in [1.29, 1.82) is 5.26 Å². The molecule has 0 aromatic carbocycles. The number of amides is 1. The Morgan fingerprint density at radius 1 is 1.44 bits per heavy atom. The predicted molar refractivity (Wildman–Crippen MR) is 60.8 cm³/mol. The van der Waals surface area contributed by atoms with E-state index < -0.39 is 5.60 Å². The van der Waals surface area contributed by atoms with Crippen LogP contribution in [0.2, 0.25) is 0 Å². The molecule has 1 fully saturated rings. The molecule has 0 aromatic rings. The fourth-order valence-electron chi connectivity index (χ4n) is 1.78. The fraction of sp³-hybridized carbons (Fsp3) is 0.833. The molecule has 0 spiro atoms. The minimum Gasteiger partial charge on any atom is -0.444 e. The summed E-state index contributed by atoms with van der Waals surface area (Å²) in [5.41, 5.74) is -0.430. The zero-order chi connectivity index (χ0) is 12.2. The Bertz CT molecular complexity index is 280. The highest BCUT2D eigenvalue weighted by atomic mass is 16.6. The van der Waals surface area contributed by atoms with Gasteiger partial charge in [0, 0.05) is 19.5 Å². The third kappa shape index (κ3) is 4.09. The van der Waals surface area contributed by atoms with Crippen LogP contribution in [-0.2, 0) is 4.74 Å². The highest BCUT2D eigenvalue weighted by molar-refractivity contribution is 5.68. The maximum absolute atomic E-state index is 11.7. The normalized spacial score (nSPS) is 18.0. The summed E-state index contributed by atoms with van der Waals surface area (Å²) in [5, 5.41) is 8.59. The number of hydrogen-bond donors (Lipinski definition) is 0. The lowest BCUT2D eigenvalue weighted by Crippen LogP contribution is -2.41. The third-order valence-electron chi connectivity index (χ3n) is 2.65. The van der Waals surface area contributed by atoms with Gasteiger partial charge in [-0.05, 0) is 39.5 Å². The van der Waals surface area contributed by atoms with Gasteiger partial charge in [0.05, 0.1) is 6.07 Å². The molecule has 4 nitrogen and oxygen atoms in total. The van der Waals surface area contributed by atoms with Gasteiger partial charge in [0.15, 0.2) is 0 Å². The van der Waals surface area contributed by atoms with Gasteiger partial charge in [-0.25, -0.2) is 4.79 Å². The van der Waals surface area contributed by atoms with Gasteiger partial charge in [0.2, 0.25) is 0 Å². The first kappa shape index (κ1) is 12.8. The predicted octanol–water partition coefficient (Wildman–Crippen LogP) is 2.55. The van der Waals surface area contributed by atoms with Crippen LogP contribution in [0.25, 0.3) is 0 Å². The highest BCUT2D eigenvalue weighted by Gasteiger charge is 2.26. The van der Waals surface area contributed by atoms with E-state index in [-0.39, 0.29) is 6.09 Å². The van der Waals surface area contributed by atoms with Gasteiger partial charge in [-0.15, -0.1) is 0 Å². The van der Waals surface area contributed by atoms with Gasteiger partial charge in [0.25, 0.3) is 0 Å². The molecule has 1 amide bonds. The third-order valence-corrected chi connectivity index (χ3v) is 2.65. The molecular formula is C12H20N2O2. The molecule has 1 heterocycles. The summed E-state index contributed by atoms with van der Waals surface area (Å²) in [5.74, 6) is 0.448. The fourth-order valence-corrected chi connectivity index (χ4v) is 1.78. The molecule has 1 aliphatic heterocycles. The minimum atomic E-state index is -0.430. The molecule has 90 valence electrons. The minimum absolute atomic E-state index is 0.233. The van der Waals surface area contributed by atoms with E-state index in [4.69, 9.17) is 10.00 Å². The Hall–Kier alpha value is -1.24. The zero-order valence-electron chi connectivity index (χ0n) is 10.3. The van der Waals surface area contributed by atoms with Crippen molar-refractivity contribution in [3.8, 4) is 6.07 Å². The lowest BCUT2D eigenvalue weighted by Gasteiger charge is -2.32. The number of hydrogen-bond acceptors (Lipinski definition) is 3. The molecule has 0 aliphatic carbocycles. The van der Waals surface area contributed by atoms with Crippen molar-refractivity contribution in [3.05, 3.63) is 0 Å². The van der Waals surface area contributed by atoms with Crippen LogP contribution in [0.15, 0.2) is 0 Å². The van der Waals surface area contributed by atoms with Crippen LogP contribution in [0, 0.1) is 17.2 Å². The van der Waals surface area contributed by atoms with Gasteiger partial charge in [-0.1, -0.05) is 0 Å². The number of nitriles is 1. The van der Waals surface area contributed by atoms with Crippen LogP contribution in [0.1, 0.15) is 40.0 Å². The Balaban J connectivity index is 2.37. The molecule has 4 heteroatoms. The Morgan fingerprint density at radius 3 is 2.44 bits per heavy atom. The van der Waals surface area contributed by atoms with Crippen molar-refractivity contribution in [1.82, 2.24) is 4.90 Å². The molecular weight excluding hydrogens is 206 g/mol. The standard InChI is InChI=1S/C12H20N2O2/c1-12(2,3)16-11(15)14-8-5-10(4-7-13)6-9-14/h10H,4-6,8-9H2,1-3H3/i7+2. The van der Waals surface area contributed by atoms with Gasteiger partial charge in [0.1, 0.15) is 5.60 Å². The number of nitrogens with zero attached hydrogens (tertiary/aromatic N) is 2. The second-order valence-electron chi connectivity index (χ2n) is 5.27. The maximum atomic E-state index is 11.7. The topological polar surface area (TPSA) is 53.3 Å². The second-order valence-corrected chi connectivity index (χ2v) is 5.27. The summed E-state index contributed by atoms with van der Waals surface area (Å²) in [6.45, 7) is 7.02. The van der Waals surface area contributed by atoms with Crippen molar-refractivity contribution >= 4 is 6.09 Å². The van der Waals surface area contributed by atoms with Crippen molar-refractivity contribution in [2.45, 2.75) is 45.6 Å². The smallest absolute Gasteiger partial charge is 0.410 e. The number of rotatable bonds is 1. The van der Waals surface area contributed by atoms with E-state index in [1.807, 2.05) is 20.8 Å². The Kier molecular flexibility index (Phi) is 4.17. The molecule has 0 radical (unpaired) electrons. The van der Waals surface area contributed by atoms with Crippen LogP contribution in [-0.4, -0.2) is 29.7 Å². The molecule has 0 unspecified atom stereocenters. The molecule has 0 saturated carbocycles. The molecule has 0 aromatic heterocycles. The highest BCUT2D eigenvalue weighted by Crippen LogP contribution is 2.21. The van der Waals surface area contributed by atoms with E-state index in [0.29, 0.717) is 25.4 Å². The van der Waals surface area contributed by atoms with E-state index in [9.17, 15) is 4.79 Å². The number of ether oxygens (including phenoxy) is 1. The van der Waals surface area contributed by atoms with E-state index in [1.54, 1.807) is 4.90 Å². The van der Waals surface area contributed by atoms with Crippen LogP contribution >= 0.6 is 0 Å². The summed E-state index contributed by atoms with van der Waals surface area (Å²) in [4.78, 5) is 13.5. The summed E-state index contributed by atoms with van der Waals surface area (Å²) in [6, 6.07) is 2.19. The van der Waals surface area contributed by atoms with Gasteiger partial charge >= 0.3 is 6.09 Å². The van der Waals surface area contributed by atoms with E-state index in [2.05, 4.69) is 6.07 Å². The van der Waals surface area contributed by atoms with Gasteiger partial charge in [-0.2, -0.15) is 5.26 Å². The van der Waals surface area contributed by atoms with Crippen LogP contribution in [0.5, 0.6) is 0 Å². The molecule has 1 aliphatic rings. The van der Waals surface area contributed by atoms with Crippen molar-refractivity contribution in [3.63, 3.8) is 0 Å². The summed E-state index contributed by atoms with van der Waals surface area (Å²) < 4.78 is 5.29. The van der Waals surface area contributed by atoms with Gasteiger partial charge in [-0.3, -0.25) is 0 Å². The van der Waals surface area contributed by atoms with Crippen molar-refractivity contribution < 1.29 is 9.53 Å². The van der Waals surface area contributed by atoms with Crippen LogP contribution < -0.4 is 0 Å². The number of carbonyl (C=O) groups is 1. The Labute approximate surface area is 97.2 Å². The number of piperidine rings is 1. The SMILES string of the molecule is CC(C)(C)OC(=O)N1CCC(C[14C]#N)CC1.